The second-order valence-electron chi connectivity index (χ2n) is 4.33. The van der Waals surface area contributed by atoms with Crippen LogP contribution >= 0.6 is 11.3 Å². The summed E-state index contributed by atoms with van der Waals surface area (Å²) in [5.41, 5.74) is 1.65. The van der Waals surface area contributed by atoms with Gasteiger partial charge in [0.15, 0.2) is 0 Å². The first-order valence-electron chi connectivity index (χ1n) is 5.62. The SMILES string of the molecule is N#CC1(c2nc(-c3cccnc3)cs2)CCC1. The number of thiazole rings is 1. The molecule has 4 heteroatoms. The molecule has 0 spiro atoms. The number of nitriles is 1. The minimum Gasteiger partial charge on any atom is -0.264 e. The van der Waals surface area contributed by atoms with Crippen LogP contribution in [0, 0.1) is 11.3 Å². The molecule has 0 atom stereocenters. The molecule has 2 heterocycles. The van der Waals surface area contributed by atoms with Crippen molar-refractivity contribution >= 4 is 11.3 Å². The molecular weight excluding hydrogens is 230 g/mol. The van der Waals surface area contributed by atoms with Gasteiger partial charge in [-0.05, 0) is 31.4 Å². The summed E-state index contributed by atoms with van der Waals surface area (Å²) < 4.78 is 0. The zero-order chi connectivity index (χ0) is 11.7. The molecule has 1 saturated carbocycles. The predicted molar refractivity (Wildman–Crippen MR) is 66.5 cm³/mol. The molecule has 17 heavy (non-hydrogen) atoms. The highest BCUT2D eigenvalue weighted by Gasteiger charge is 2.41. The van der Waals surface area contributed by atoms with Gasteiger partial charge >= 0.3 is 0 Å². The Bertz CT molecular complexity index is 564. The zero-order valence-electron chi connectivity index (χ0n) is 9.26. The van der Waals surface area contributed by atoms with E-state index in [4.69, 9.17) is 0 Å². The van der Waals surface area contributed by atoms with Crippen LogP contribution in [0.4, 0.5) is 0 Å². The van der Waals surface area contributed by atoms with Crippen molar-refractivity contribution < 1.29 is 0 Å². The summed E-state index contributed by atoms with van der Waals surface area (Å²) in [5, 5.41) is 12.3. The Morgan fingerprint density at radius 1 is 1.41 bits per heavy atom. The number of nitrogens with zero attached hydrogens (tertiary/aromatic N) is 3. The Hall–Kier alpha value is -1.73. The molecule has 3 nitrogen and oxygen atoms in total. The number of pyridine rings is 1. The number of aromatic nitrogens is 2. The van der Waals surface area contributed by atoms with E-state index in [9.17, 15) is 5.26 Å². The first-order chi connectivity index (χ1) is 8.34. The Morgan fingerprint density at radius 3 is 2.88 bits per heavy atom. The van der Waals surface area contributed by atoms with Gasteiger partial charge in [0.2, 0.25) is 0 Å². The second kappa shape index (κ2) is 3.94. The summed E-state index contributed by atoms with van der Waals surface area (Å²) in [5.74, 6) is 0. The van der Waals surface area contributed by atoms with Crippen molar-refractivity contribution in [2.75, 3.05) is 0 Å². The van der Waals surface area contributed by atoms with Crippen molar-refractivity contribution in [2.45, 2.75) is 24.7 Å². The lowest BCUT2D eigenvalue weighted by atomic mass is 9.70. The van der Waals surface area contributed by atoms with E-state index < -0.39 is 0 Å². The highest BCUT2D eigenvalue weighted by molar-refractivity contribution is 7.10. The summed E-state index contributed by atoms with van der Waals surface area (Å²) in [4.78, 5) is 8.69. The molecule has 1 aliphatic rings. The van der Waals surface area contributed by atoms with Gasteiger partial charge in [-0.1, -0.05) is 0 Å². The van der Waals surface area contributed by atoms with E-state index in [2.05, 4.69) is 16.0 Å². The lowest BCUT2D eigenvalue weighted by Gasteiger charge is -2.32. The Balaban J connectivity index is 1.97. The third-order valence-corrected chi connectivity index (χ3v) is 4.34. The van der Waals surface area contributed by atoms with Gasteiger partial charge in [0.1, 0.15) is 10.4 Å². The topological polar surface area (TPSA) is 49.6 Å². The van der Waals surface area contributed by atoms with E-state index in [1.54, 1.807) is 23.7 Å². The normalized spacial score (nSPS) is 17.1. The van der Waals surface area contributed by atoms with Crippen molar-refractivity contribution in [1.82, 2.24) is 9.97 Å². The molecule has 0 aliphatic heterocycles. The lowest BCUT2D eigenvalue weighted by Crippen LogP contribution is -2.32. The van der Waals surface area contributed by atoms with Crippen LogP contribution in [0.15, 0.2) is 29.9 Å². The molecule has 0 bridgehead atoms. The van der Waals surface area contributed by atoms with E-state index in [0.29, 0.717) is 0 Å². The Morgan fingerprint density at radius 2 is 2.29 bits per heavy atom. The maximum Gasteiger partial charge on any atom is 0.114 e. The van der Waals surface area contributed by atoms with Gasteiger partial charge < -0.3 is 0 Å². The van der Waals surface area contributed by atoms with Crippen molar-refractivity contribution in [2.24, 2.45) is 0 Å². The monoisotopic (exact) mass is 241 g/mol. The average Bonchev–Trinajstić information content (AvgIpc) is 2.80. The Labute approximate surface area is 104 Å². The van der Waals surface area contributed by atoms with Crippen LogP contribution in [0.1, 0.15) is 24.3 Å². The Kier molecular flexibility index (Phi) is 2.41. The van der Waals surface area contributed by atoms with E-state index in [-0.39, 0.29) is 5.41 Å². The molecule has 3 rings (SSSR count). The number of rotatable bonds is 2. The van der Waals surface area contributed by atoms with Crippen molar-refractivity contribution in [3.63, 3.8) is 0 Å². The zero-order valence-corrected chi connectivity index (χ0v) is 10.1. The summed E-state index contributed by atoms with van der Waals surface area (Å²) >= 11 is 1.59. The smallest absolute Gasteiger partial charge is 0.114 e. The standard InChI is InChI=1S/C13H11N3S/c14-9-13(4-2-5-13)12-16-11(8-17-12)10-3-1-6-15-7-10/h1,3,6-8H,2,4-5H2. The van der Waals surface area contributed by atoms with E-state index in [1.165, 1.54) is 0 Å². The van der Waals surface area contributed by atoms with Gasteiger partial charge in [0, 0.05) is 23.3 Å². The van der Waals surface area contributed by atoms with Gasteiger partial charge in [0.05, 0.1) is 11.8 Å². The molecule has 0 saturated heterocycles. The van der Waals surface area contributed by atoms with Crippen LogP contribution in [0.2, 0.25) is 0 Å². The van der Waals surface area contributed by atoms with Gasteiger partial charge in [-0.25, -0.2) is 4.98 Å². The average molecular weight is 241 g/mol. The van der Waals surface area contributed by atoms with Gasteiger partial charge in [-0.2, -0.15) is 5.26 Å². The molecule has 0 unspecified atom stereocenters. The summed E-state index contributed by atoms with van der Waals surface area (Å²) in [6.45, 7) is 0. The van der Waals surface area contributed by atoms with Gasteiger partial charge in [-0.15, -0.1) is 11.3 Å². The fourth-order valence-corrected chi connectivity index (χ4v) is 3.08. The molecule has 1 aliphatic carbocycles. The van der Waals surface area contributed by atoms with E-state index in [1.807, 2.05) is 17.5 Å². The summed E-state index contributed by atoms with van der Waals surface area (Å²) in [7, 11) is 0. The highest BCUT2D eigenvalue weighted by Crippen LogP contribution is 2.44. The van der Waals surface area contributed by atoms with Crippen LogP contribution in [0.3, 0.4) is 0 Å². The molecular formula is C13H11N3S. The van der Waals surface area contributed by atoms with Gasteiger partial charge in [0.25, 0.3) is 0 Å². The first kappa shape index (κ1) is 10.4. The lowest BCUT2D eigenvalue weighted by molar-refractivity contribution is 0.323. The van der Waals surface area contributed by atoms with Crippen LogP contribution in [-0.2, 0) is 5.41 Å². The van der Waals surface area contributed by atoms with Crippen LogP contribution in [0.5, 0.6) is 0 Å². The largest absolute Gasteiger partial charge is 0.264 e. The molecule has 1 fully saturated rings. The molecule has 0 N–H and O–H groups in total. The maximum absolute atomic E-state index is 9.27. The number of hydrogen-bond acceptors (Lipinski definition) is 4. The summed E-state index contributed by atoms with van der Waals surface area (Å²) in [6.07, 6.45) is 6.58. The molecule has 2 aromatic heterocycles. The van der Waals surface area contributed by atoms with Crippen LogP contribution in [0.25, 0.3) is 11.3 Å². The minimum absolute atomic E-state index is 0.300. The fraction of sp³-hybridized carbons (Fsp3) is 0.308. The molecule has 2 aromatic rings. The number of hydrogen-bond donors (Lipinski definition) is 0. The third-order valence-electron chi connectivity index (χ3n) is 3.29. The van der Waals surface area contributed by atoms with Crippen LogP contribution < -0.4 is 0 Å². The second-order valence-corrected chi connectivity index (χ2v) is 5.19. The third kappa shape index (κ3) is 1.63. The van der Waals surface area contributed by atoms with Gasteiger partial charge in [-0.3, -0.25) is 4.98 Å². The predicted octanol–water partition coefficient (Wildman–Crippen LogP) is 3.15. The highest BCUT2D eigenvalue weighted by atomic mass is 32.1. The molecule has 0 amide bonds. The first-order valence-corrected chi connectivity index (χ1v) is 6.50. The molecule has 84 valence electrons. The fourth-order valence-electron chi connectivity index (χ4n) is 2.04. The molecule has 0 aromatic carbocycles. The van der Waals surface area contributed by atoms with Crippen molar-refractivity contribution in [3.8, 4) is 17.3 Å². The molecule has 0 radical (unpaired) electrons. The maximum atomic E-state index is 9.27. The van der Waals surface area contributed by atoms with Crippen molar-refractivity contribution in [1.29, 1.82) is 5.26 Å². The summed E-state index contributed by atoms with van der Waals surface area (Å²) in [6, 6.07) is 6.32. The van der Waals surface area contributed by atoms with E-state index in [0.717, 1.165) is 35.5 Å². The minimum atomic E-state index is -0.300. The quantitative estimate of drug-likeness (QED) is 0.811. The van der Waals surface area contributed by atoms with Crippen LogP contribution in [-0.4, -0.2) is 9.97 Å². The van der Waals surface area contributed by atoms with E-state index >= 15 is 0 Å². The van der Waals surface area contributed by atoms with Crippen molar-refractivity contribution in [3.05, 3.63) is 34.9 Å².